The van der Waals surface area contributed by atoms with Gasteiger partial charge in [0.15, 0.2) is 0 Å². The fraction of sp³-hybridized carbons (Fsp3) is 0.893. The van der Waals surface area contributed by atoms with E-state index in [0.717, 1.165) is 70.6 Å². The minimum Gasteiger partial charge on any atom is -0.481 e. The van der Waals surface area contributed by atoms with Crippen molar-refractivity contribution in [2.24, 2.45) is 5.92 Å². The highest BCUT2D eigenvalue weighted by Gasteiger charge is 2.19. The van der Waals surface area contributed by atoms with Gasteiger partial charge in [0.05, 0.1) is 6.61 Å². The van der Waals surface area contributed by atoms with E-state index < -0.39 is 11.9 Å². The first-order valence-corrected chi connectivity index (χ1v) is 37.1. The highest BCUT2D eigenvalue weighted by atomic mass is 16.6. The fourth-order valence-electron chi connectivity index (χ4n) is 10.6. The number of carboxylic acids is 2. The molecule has 0 rings (SSSR count). The third kappa shape index (κ3) is 71.5. The van der Waals surface area contributed by atoms with Crippen LogP contribution in [-0.4, -0.2) is 70.9 Å². The Labute approximate surface area is 536 Å². The van der Waals surface area contributed by atoms with Gasteiger partial charge in [-0.25, -0.2) is 0 Å². The maximum atomic E-state index is 12.5. The van der Waals surface area contributed by atoms with Gasteiger partial charge in [0.25, 0.3) is 0 Å². The largest absolute Gasteiger partial charge is 0.481 e. The van der Waals surface area contributed by atoms with E-state index in [-0.39, 0.29) is 55.0 Å². The molecule has 0 fully saturated rings. The van der Waals surface area contributed by atoms with Crippen molar-refractivity contribution in [3.63, 3.8) is 0 Å². The Hall–Kier alpha value is -3.44. The second-order valence-corrected chi connectivity index (χ2v) is 25.0. The number of esters is 4. The summed E-state index contributed by atoms with van der Waals surface area (Å²) in [7, 11) is 0. The molecule has 0 radical (unpaired) electrons. The molecule has 0 aromatic heterocycles. The van der Waals surface area contributed by atoms with Crippen LogP contribution < -0.4 is 0 Å². The Morgan fingerprint density at radius 1 is 0.287 bits per heavy atom. The number of carbonyl (C=O) groups is 6. The van der Waals surface area contributed by atoms with Crippen molar-refractivity contribution in [3.05, 3.63) is 12.2 Å². The maximum absolute atomic E-state index is 12.5. The van der Waals surface area contributed by atoms with E-state index in [4.69, 9.17) is 29.2 Å². The zero-order chi connectivity index (χ0) is 64.9. The highest BCUT2D eigenvalue weighted by molar-refractivity contribution is 5.71. The standard InChI is InChI=1S/C43H80O8.C18H34O2.C14H28O2/c1-7-13-15-16-17-18-19-20-21-22-23-31-41(45)49-38(11-5)29-25-33-43(47)51-39(12-6)30-26-34-42(46)50-37(10-4)28-24-32-40(44)48-35-36(9-3)27-14-8-2;1-2-3-4-5-6-7-8-9-10-11-12-13-14-15-16-17-18(19)20;1-2-3-4-5-6-7-8-9-10-11-12-13-14(15)16/h36-39H,7-35H2,1-6H3;9-10H,2-8,11-17H2,1H3,(H,19,20);2-13H2,1H3,(H,15,16)/b;10-9-;. The van der Waals surface area contributed by atoms with Crippen LogP contribution in [0.25, 0.3) is 0 Å². The second-order valence-electron chi connectivity index (χ2n) is 25.0. The molecule has 0 spiro atoms. The minimum absolute atomic E-state index is 0.131. The van der Waals surface area contributed by atoms with Crippen LogP contribution in [0.3, 0.4) is 0 Å². The monoisotopic (exact) mass is 1240 g/mol. The van der Waals surface area contributed by atoms with Crippen LogP contribution in [0.15, 0.2) is 12.2 Å². The first kappa shape index (κ1) is 87.8. The van der Waals surface area contributed by atoms with Crippen molar-refractivity contribution in [2.45, 2.75) is 420 Å². The molecule has 0 saturated carbocycles. The molecule has 0 aliphatic rings. The number of unbranched alkanes of at least 4 members (excludes halogenated alkanes) is 32. The first-order chi connectivity index (χ1) is 42.3. The summed E-state index contributed by atoms with van der Waals surface area (Å²) < 4.78 is 22.6. The minimum atomic E-state index is -0.664. The van der Waals surface area contributed by atoms with Gasteiger partial charge in [0.2, 0.25) is 0 Å². The quantitative estimate of drug-likeness (QED) is 0.0255. The van der Waals surface area contributed by atoms with Crippen LogP contribution in [0.1, 0.15) is 402 Å². The topological polar surface area (TPSA) is 180 Å². The lowest BCUT2D eigenvalue weighted by molar-refractivity contribution is -0.151. The number of hydrogen-bond donors (Lipinski definition) is 2. The zero-order valence-corrected chi connectivity index (χ0v) is 58.3. The molecule has 4 atom stereocenters. The summed E-state index contributed by atoms with van der Waals surface area (Å²) in [6, 6.07) is 0. The second kappa shape index (κ2) is 71.6. The van der Waals surface area contributed by atoms with E-state index in [1.54, 1.807) is 0 Å². The zero-order valence-electron chi connectivity index (χ0n) is 58.3. The van der Waals surface area contributed by atoms with Crippen LogP contribution in [-0.2, 0) is 47.7 Å². The van der Waals surface area contributed by atoms with Crippen LogP contribution in [0.4, 0.5) is 0 Å². The third-order valence-corrected chi connectivity index (χ3v) is 16.6. The van der Waals surface area contributed by atoms with E-state index in [1.165, 1.54) is 186 Å². The van der Waals surface area contributed by atoms with Crippen molar-refractivity contribution in [1.29, 1.82) is 0 Å². The lowest BCUT2D eigenvalue weighted by Gasteiger charge is -2.19. The smallest absolute Gasteiger partial charge is 0.306 e. The van der Waals surface area contributed by atoms with Crippen LogP contribution in [0, 0.1) is 5.92 Å². The van der Waals surface area contributed by atoms with Gasteiger partial charge in [0, 0.05) is 38.5 Å². The van der Waals surface area contributed by atoms with Gasteiger partial charge in [-0.05, 0) is 115 Å². The molecule has 0 aromatic rings. The summed E-state index contributed by atoms with van der Waals surface area (Å²) in [6.45, 7) is 17.5. The van der Waals surface area contributed by atoms with E-state index in [0.29, 0.717) is 89.6 Å². The Kier molecular flexibility index (Phi) is 72.3. The van der Waals surface area contributed by atoms with Gasteiger partial charge >= 0.3 is 35.8 Å². The summed E-state index contributed by atoms with van der Waals surface area (Å²) in [5, 5.41) is 17.0. The molecule has 0 heterocycles. The molecule has 4 unspecified atom stereocenters. The molecule has 0 aliphatic heterocycles. The average Bonchev–Trinajstić information content (AvgIpc) is 3.51. The normalized spacial score (nSPS) is 12.5. The molecule has 87 heavy (non-hydrogen) atoms. The molecule has 0 aromatic carbocycles. The summed E-state index contributed by atoms with van der Waals surface area (Å²) in [4.78, 5) is 70.2. The molecule has 514 valence electrons. The highest BCUT2D eigenvalue weighted by Crippen LogP contribution is 2.20. The number of ether oxygens (including phenoxy) is 4. The number of carboxylic acid groups (broad SMARTS) is 2. The van der Waals surface area contributed by atoms with Gasteiger partial charge in [-0.1, -0.05) is 267 Å². The SMILES string of the molecule is CCCCCCCC/C=C\CCCCCCCC(=O)O.CCCCCCCCCCCCCC(=O)O.CCCCCCCCCCCCCC(=O)OC(CC)CCCC(=O)OC(CC)CCCC(=O)OC(CC)CCCC(=O)OCC(CC)CCCC. The summed E-state index contributed by atoms with van der Waals surface area (Å²) >= 11 is 0. The molecule has 0 aliphatic carbocycles. The Balaban J connectivity index is -0.00000158. The molecule has 0 saturated heterocycles. The maximum Gasteiger partial charge on any atom is 0.306 e. The lowest BCUT2D eigenvalue weighted by atomic mass is 10.0. The third-order valence-electron chi connectivity index (χ3n) is 16.6. The summed E-state index contributed by atoms with van der Waals surface area (Å²) in [5.41, 5.74) is 0. The van der Waals surface area contributed by atoms with E-state index in [1.807, 2.05) is 20.8 Å². The number of rotatable bonds is 63. The van der Waals surface area contributed by atoms with Crippen LogP contribution in [0.2, 0.25) is 0 Å². The Morgan fingerprint density at radius 3 is 0.839 bits per heavy atom. The van der Waals surface area contributed by atoms with Gasteiger partial charge in [-0.15, -0.1) is 0 Å². The molecule has 2 N–H and O–H groups in total. The van der Waals surface area contributed by atoms with Crippen LogP contribution >= 0.6 is 0 Å². The van der Waals surface area contributed by atoms with Gasteiger partial charge in [-0.3, -0.25) is 28.8 Å². The first-order valence-electron chi connectivity index (χ1n) is 37.1. The lowest BCUT2D eigenvalue weighted by Crippen LogP contribution is -2.21. The average molecular weight is 1240 g/mol. The van der Waals surface area contributed by atoms with Gasteiger partial charge in [0.1, 0.15) is 18.3 Å². The summed E-state index contributed by atoms with van der Waals surface area (Å²) in [6.07, 6.45) is 60.3. The number of hydrogen-bond acceptors (Lipinski definition) is 10. The fourth-order valence-corrected chi connectivity index (χ4v) is 10.6. The molecule has 0 bridgehead atoms. The van der Waals surface area contributed by atoms with Crippen molar-refractivity contribution in [2.75, 3.05) is 6.61 Å². The van der Waals surface area contributed by atoms with Crippen molar-refractivity contribution in [3.8, 4) is 0 Å². The predicted molar refractivity (Wildman–Crippen MR) is 363 cm³/mol. The molecule has 12 heteroatoms. The Bertz CT molecular complexity index is 1550. The molecular formula is C75H142O12. The van der Waals surface area contributed by atoms with Crippen molar-refractivity contribution in [1.82, 2.24) is 0 Å². The van der Waals surface area contributed by atoms with Gasteiger partial charge < -0.3 is 29.2 Å². The predicted octanol–water partition coefficient (Wildman–Crippen LogP) is 22.8. The van der Waals surface area contributed by atoms with E-state index in [9.17, 15) is 28.8 Å². The summed E-state index contributed by atoms with van der Waals surface area (Å²) in [5.74, 6) is -1.70. The molecule has 12 nitrogen and oxygen atoms in total. The van der Waals surface area contributed by atoms with Gasteiger partial charge in [-0.2, -0.15) is 0 Å². The molecule has 0 amide bonds. The van der Waals surface area contributed by atoms with Crippen molar-refractivity contribution < 1.29 is 57.9 Å². The Morgan fingerprint density at radius 2 is 0.552 bits per heavy atom. The van der Waals surface area contributed by atoms with Crippen LogP contribution in [0.5, 0.6) is 0 Å². The number of carbonyl (C=O) groups excluding carboxylic acids is 4. The van der Waals surface area contributed by atoms with E-state index >= 15 is 0 Å². The number of allylic oxidation sites excluding steroid dienone is 2. The number of aliphatic carboxylic acids is 2. The van der Waals surface area contributed by atoms with E-state index in [2.05, 4.69) is 46.8 Å². The van der Waals surface area contributed by atoms with Crippen molar-refractivity contribution >= 4 is 35.8 Å². The molecular weight excluding hydrogens is 1090 g/mol.